The minimum Gasteiger partial charge on any atom is -0.362 e. The summed E-state index contributed by atoms with van der Waals surface area (Å²) < 4.78 is 5.32. The highest BCUT2D eigenvalue weighted by Crippen LogP contribution is 2.40. The first-order valence-corrected chi connectivity index (χ1v) is 8.39. The molecule has 7 nitrogen and oxygen atoms in total. The number of anilines is 1. The molecule has 0 spiro atoms. The number of hydrogen-bond acceptors (Lipinski definition) is 6. The molecular weight excluding hydrogens is 306 g/mol. The highest BCUT2D eigenvalue weighted by molar-refractivity contribution is 5.92. The van der Waals surface area contributed by atoms with Crippen LogP contribution in [0, 0.1) is 0 Å². The maximum Gasteiger partial charge on any atom is 0.276 e. The Labute approximate surface area is 140 Å². The highest BCUT2D eigenvalue weighted by Gasteiger charge is 2.30. The van der Waals surface area contributed by atoms with Crippen molar-refractivity contribution in [3.05, 3.63) is 35.1 Å². The lowest BCUT2D eigenvalue weighted by Crippen LogP contribution is -2.33. The molecule has 7 heteroatoms. The Bertz CT molecular complexity index is 766. The number of nitrogens with zero attached hydrogens (tertiary/aromatic N) is 5. The zero-order chi connectivity index (χ0) is 16.7. The topological polar surface area (TPSA) is 75.4 Å². The van der Waals surface area contributed by atoms with Gasteiger partial charge in [0, 0.05) is 51.2 Å². The SMILES string of the molecule is CN(C)c1ncnc2c1CCN(C(=O)c1cc(C3CC3)on1)CC2. The highest BCUT2D eigenvalue weighted by atomic mass is 16.5. The molecule has 0 N–H and O–H groups in total. The van der Waals surface area contributed by atoms with Crippen molar-refractivity contribution in [2.75, 3.05) is 32.1 Å². The lowest BCUT2D eigenvalue weighted by molar-refractivity contribution is 0.0752. The van der Waals surface area contributed by atoms with Gasteiger partial charge in [0.05, 0.1) is 5.69 Å². The Balaban J connectivity index is 1.52. The van der Waals surface area contributed by atoms with E-state index in [-0.39, 0.29) is 5.91 Å². The van der Waals surface area contributed by atoms with Gasteiger partial charge in [-0.05, 0) is 19.3 Å². The van der Waals surface area contributed by atoms with Crippen molar-refractivity contribution in [3.63, 3.8) is 0 Å². The molecule has 24 heavy (non-hydrogen) atoms. The number of hydrogen-bond donors (Lipinski definition) is 0. The van der Waals surface area contributed by atoms with Gasteiger partial charge in [-0.25, -0.2) is 9.97 Å². The van der Waals surface area contributed by atoms with E-state index in [0.29, 0.717) is 24.7 Å². The monoisotopic (exact) mass is 327 g/mol. The Morgan fingerprint density at radius 1 is 1.25 bits per heavy atom. The molecule has 2 aromatic rings. The van der Waals surface area contributed by atoms with E-state index in [4.69, 9.17) is 4.52 Å². The minimum absolute atomic E-state index is 0.0576. The molecular formula is C17H21N5O2. The molecule has 0 aromatic carbocycles. The molecule has 1 aliphatic heterocycles. The van der Waals surface area contributed by atoms with E-state index < -0.39 is 0 Å². The first kappa shape index (κ1) is 15.1. The Morgan fingerprint density at radius 3 is 2.79 bits per heavy atom. The quantitative estimate of drug-likeness (QED) is 0.853. The average Bonchev–Trinajstić information content (AvgIpc) is 3.35. The van der Waals surface area contributed by atoms with E-state index in [1.807, 2.05) is 30.0 Å². The lowest BCUT2D eigenvalue weighted by Gasteiger charge is -2.19. The molecule has 4 rings (SSSR count). The smallest absolute Gasteiger partial charge is 0.276 e. The van der Waals surface area contributed by atoms with Gasteiger partial charge in [-0.2, -0.15) is 0 Å². The third kappa shape index (κ3) is 2.74. The molecule has 0 bridgehead atoms. The zero-order valence-corrected chi connectivity index (χ0v) is 14.0. The molecule has 3 heterocycles. The number of rotatable bonds is 3. The molecule has 1 aliphatic carbocycles. The van der Waals surface area contributed by atoms with Crippen LogP contribution in [-0.4, -0.2) is 53.1 Å². The molecule has 1 saturated carbocycles. The van der Waals surface area contributed by atoms with Gasteiger partial charge in [0.1, 0.15) is 17.9 Å². The van der Waals surface area contributed by atoms with E-state index in [1.165, 1.54) is 0 Å². The predicted molar refractivity (Wildman–Crippen MR) is 88.1 cm³/mol. The summed E-state index contributed by atoms with van der Waals surface area (Å²) in [5.74, 6) is 2.19. The molecule has 0 atom stereocenters. The molecule has 2 aromatic heterocycles. The maximum atomic E-state index is 12.7. The number of fused-ring (bicyclic) bond motifs is 1. The summed E-state index contributed by atoms with van der Waals surface area (Å²) in [6, 6.07) is 1.81. The van der Waals surface area contributed by atoms with E-state index >= 15 is 0 Å². The normalized spacial score (nSPS) is 17.3. The second kappa shape index (κ2) is 5.89. The summed E-state index contributed by atoms with van der Waals surface area (Å²) in [6.45, 7) is 1.28. The fraction of sp³-hybridized carbons (Fsp3) is 0.529. The number of amides is 1. The molecule has 1 amide bonds. The molecule has 2 aliphatic rings. The summed E-state index contributed by atoms with van der Waals surface area (Å²) in [4.78, 5) is 25.4. The van der Waals surface area contributed by atoms with Crippen LogP contribution in [0.5, 0.6) is 0 Å². The zero-order valence-electron chi connectivity index (χ0n) is 14.0. The van der Waals surface area contributed by atoms with Gasteiger partial charge >= 0.3 is 0 Å². The number of carbonyl (C=O) groups is 1. The van der Waals surface area contributed by atoms with E-state index in [1.54, 1.807) is 6.33 Å². The van der Waals surface area contributed by atoms with Gasteiger partial charge in [-0.3, -0.25) is 4.79 Å². The van der Waals surface area contributed by atoms with Gasteiger partial charge in [-0.15, -0.1) is 0 Å². The van der Waals surface area contributed by atoms with Crippen molar-refractivity contribution < 1.29 is 9.32 Å². The standard InChI is InChI=1S/C17H21N5O2/c1-21(2)16-12-5-7-22(8-6-13(12)18-10-19-16)17(23)14-9-15(24-20-14)11-3-4-11/h9-11H,3-8H2,1-2H3. The van der Waals surface area contributed by atoms with Crippen LogP contribution in [0.25, 0.3) is 0 Å². The van der Waals surface area contributed by atoms with Gasteiger partial charge < -0.3 is 14.3 Å². The third-order valence-electron chi connectivity index (χ3n) is 4.70. The average molecular weight is 327 g/mol. The van der Waals surface area contributed by atoms with Crippen LogP contribution in [0.1, 0.15) is 46.3 Å². The second-order valence-corrected chi connectivity index (χ2v) is 6.70. The largest absolute Gasteiger partial charge is 0.362 e. The van der Waals surface area contributed by atoms with Gasteiger partial charge in [0.25, 0.3) is 5.91 Å². The summed E-state index contributed by atoms with van der Waals surface area (Å²) in [6.07, 6.45) is 5.35. The summed E-state index contributed by atoms with van der Waals surface area (Å²) in [5.41, 5.74) is 2.58. The molecule has 126 valence electrons. The van der Waals surface area contributed by atoms with E-state index in [2.05, 4.69) is 15.1 Å². The first-order chi connectivity index (χ1) is 11.6. The predicted octanol–water partition coefficient (Wildman–Crippen LogP) is 1.65. The Hall–Kier alpha value is -2.44. The van der Waals surface area contributed by atoms with Crippen LogP contribution in [0.2, 0.25) is 0 Å². The van der Waals surface area contributed by atoms with E-state index in [0.717, 1.165) is 48.5 Å². The van der Waals surface area contributed by atoms with Crippen molar-refractivity contribution >= 4 is 11.7 Å². The van der Waals surface area contributed by atoms with Gasteiger partial charge in [0.15, 0.2) is 5.69 Å². The lowest BCUT2D eigenvalue weighted by atomic mass is 10.1. The van der Waals surface area contributed by atoms with Crippen molar-refractivity contribution in [3.8, 4) is 0 Å². The van der Waals surface area contributed by atoms with Crippen LogP contribution in [-0.2, 0) is 12.8 Å². The van der Waals surface area contributed by atoms with Gasteiger partial charge in [-0.1, -0.05) is 5.16 Å². The van der Waals surface area contributed by atoms with Crippen LogP contribution in [0.15, 0.2) is 16.9 Å². The van der Waals surface area contributed by atoms with Crippen molar-refractivity contribution in [1.82, 2.24) is 20.0 Å². The first-order valence-electron chi connectivity index (χ1n) is 8.39. The summed E-state index contributed by atoms with van der Waals surface area (Å²) >= 11 is 0. The van der Waals surface area contributed by atoms with Gasteiger partial charge in [0.2, 0.25) is 0 Å². The number of aromatic nitrogens is 3. The van der Waals surface area contributed by atoms with Crippen LogP contribution in [0.4, 0.5) is 5.82 Å². The molecule has 0 radical (unpaired) electrons. The Kier molecular flexibility index (Phi) is 3.70. The van der Waals surface area contributed by atoms with Crippen LogP contribution < -0.4 is 4.90 Å². The second-order valence-electron chi connectivity index (χ2n) is 6.70. The summed E-state index contributed by atoms with van der Waals surface area (Å²) in [5, 5.41) is 3.98. The molecule has 0 unspecified atom stereocenters. The molecule has 1 fully saturated rings. The maximum absolute atomic E-state index is 12.7. The fourth-order valence-electron chi connectivity index (χ4n) is 3.21. The number of carbonyl (C=O) groups excluding carboxylic acids is 1. The fourth-order valence-corrected chi connectivity index (χ4v) is 3.21. The Morgan fingerprint density at radius 2 is 2.04 bits per heavy atom. The van der Waals surface area contributed by atoms with Crippen molar-refractivity contribution in [2.24, 2.45) is 0 Å². The minimum atomic E-state index is -0.0576. The molecule has 0 saturated heterocycles. The van der Waals surface area contributed by atoms with Crippen LogP contribution >= 0.6 is 0 Å². The third-order valence-corrected chi connectivity index (χ3v) is 4.70. The van der Waals surface area contributed by atoms with Crippen LogP contribution in [0.3, 0.4) is 0 Å². The van der Waals surface area contributed by atoms with Crippen molar-refractivity contribution in [2.45, 2.75) is 31.6 Å². The van der Waals surface area contributed by atoms with Crippen molar-refractivity contribution in [1.29, 1.82) is 0 Å². The summed E-state index contributed by atoms with van der Waals surface area (Å²) in [7, 11) is 3.95. The van der Waals surface area contributed by atoms with E-state index in [9.17, 15) is 4.79 Å².